The summed E-state index contributed by atoms with van der Waals surface area (Å²) >= 11 is 6.16. The number of Topliss-reactive ketones (excluding diaryl/α,β-unsaturated/α-hetero) is 2. The summed E-state index contributed by atoms with van der Waals surface area (Å²) in [7, 11) is 0. The Balaban J connectivity index is 1.35. The van der Waals surface area contributed by atoms with Gasteiger partial charge in [-0.15, -0.1) is 5.10 Å². The maximum Gasteiger partial charge on any atom is 0.252 e. The van der Waals surface area contributed by atoms with Crippen LogP contribution in [0.5, 0.6) is 0 Å². The van der Waals surface area contributed by atoms with Gasteiger partial charge < -0.3 is 10.6 Å². The largest absolute Gasteiger partial charge is 0.345 e. The van der Waals surface area contributed by atoms with E-state index in [2.05, 4.69) is 26.2 Å². The highest BCUT2D eigenvalue weighted by Gasteiger charge is 2.25. The van der Waals surface area contributed by atoms with E-state index in [1.165, 1.54) is 17.1 Å². The van der Waals surface area contributed by atoms with E-state index in [0.29, 0.717) is 27.4 Å². The van der Waals surface area contributed by atoms with Crippen molar-refractivity contribution in [2.45, 2.75) is 18.9 Å². The van der Waals surface area contributed by atoms with Crippen LogP contribution in [0.4, 0.5) is 0 Å². The van der Waals surface area contributed by atoms with Gasteiger partial charge in [0.1, 0.15) is 6.33 Å². The summed E-state index contributed by atoms with van der Waals surface area (Å²) < 4.78 is 1.45. The van der Waals surface area contributed by atoms with Gasteiger partial charge in [-0.05, 0) is 64.4 Å². The van der Waals surface area contributed by atoms with Gasteiger partial charge in [0, 0.05) is 28.6 Å². The zero-order valence-corrected chi connectivity index (χ0v) is 21.8. The molecular formula is C29H23ClN6O4. The van der Waals surface area contributed by atoms with Crippen molar-refractivity contribution in [3.63, 3.8) is 0 Å². The molecule has 0 radical (unpaired) electrons. The molecule has 0 saturated carbocycles. The van der Waals surface area contributed by atoms with Crippen molar-refractivity contribution >= 4 is 41.1 Å². The number of nitrogens with zero attached hydrogens (tertiary/aromatic N) is 4. The Morgan fingerprint density at radius 1 is 1.02 bits per heavy atom. The molecule has 1 atom stereocenters. The number of aromatic nitrogens is 4. The van der Waals surface area contributed by atoms with Gasteiger partial charge in [-0.25, -0.2) is 0 Å². The Hall–Kier alpha value is -4.96. The topological polar surface area (TPSA) is 136 Å². The minimum absolute atomic E-state index is 0.0264. The van der Waals surface area contributed by atoms with Gasteiger partial charge in [0.05, 0.1) is 23.8 Å². The zero-order chi connectivity index (χ0) is 28.1. The second-order valence-corrected chi connectivity index (χ2v) is 9.61. The molecule has 0 bridgehead atoms. The first-order chi connectivity index (χ1) is 19.4. The number of fused-ring (bicyclic) bond motifs is 1. The van der Waals surface area contributed by atoms with Crippen molar-refractivity contribution in [1.29, 1.82) is 0 Å². The second kappa shape index (κ2) is 11.8. The smallest absolute Gasteiger partial charge is 0.252 e. The summed E-state index contributed by atoms with van der Waals surface area (Å²) in [6.45, 7) is -0.0793. The van der Waals surface area contributed by atoms with Crippen molar-refractivity contribution in [2.75, 3.05) is 6.54 Å². The number of halogens is 1. The Bertz CT molecular complexity index is 1620. The van der Waals surface area contributed by atoms with Gasteiger partial charge in [0.25, 0.3) is 5.91 Å². The van der Waals surface area contributed by atoms with E-state index in [1.54, 1.807) is 42.5 Å². The molecule has 40 heavy (non-hydrogen) atoms. The molecule has 0 fully saturated rings. The van der Waals surface area contributed by atoms with Crippen LogP contribution in [0.2, 0.25) is 5.02 Å². The molecule has 1 aliphatic heterocycles. The maximum absolute atomic E-state index is 13.4. The molecule has 0 aliphatic carbocycles. The Morgan fingerprint density at radius 2 is 1.85 bits per heavy atom. The molecule has 2 heterocycles. The molecule has 0 unspecified atom stereocenters. The normalized spacial score (nSPS) is 13.5. The summed E-state index contributed by atoms with van der Waals surface area (Å²) in [5.74, 6) is -1.26. The fourth-order valence-electron chi connectivity index (χ4n) is 4.43. The lowest BCUT2D eigenvalue weighted by Gasteiger charge is -2.19. The first-order valence-electron chi connectivity index (χ1n) is 12.4. The number of hydrogen-bond acceptors (Lipinski definition) is 7. The van der Waals surface area contributed by atoms with Gasteiger partial charge in [0.15, 0.2) is 11.6 Å². The molecule has 2 N–H and O–H groups in total. The van der Waals surface area contributed by atoms with Crippen LogP contribution in [0.15, 0.2) is 79.1 Å². The summed E-state index contributed by atoms with van der Waals surface area (Å²) in [6, 6.07) is 18.4. The lowest BCUT2D eigenvalue weighted by atomic mass is 9.93. The van der Waals surface area contributed by atoms with Crippen LogP contribution in [-0.4, -0.2) is 56.2 Å². The minimum Gasteiger partial charge on any atom is -0.345 e. The molecular weight excluding hydrogens is 532 g/mol. The summed E-state index contributed by atoms with van der Waals surface area (Å²) in [5, 5.41) is 17.0. The maximum atomic E-state index is 13.4. The van der Waals surface area contributed by atoms with Crippen LogP contribution in [0, 0.1) is 0 Å². The summed E-state index contributed by atoms with van der Waals surface area (Å²) in [6.07, 6.45) is 4.57. The summed E-state index contributed by atoms with van der Waals surface area (Å²) in [5.41, 5.74) is 3.25. The average molecular weight is 555 g/mol. The Labute approximate surface area is 234 Å². The van der Waals surface area contributed by atoms with E-state index in [0.717, 1.165) is 5.56 Å². The number of ketones is 2. The van der Waals surface area contributed by atoms with Gasteiger partial charge in [0.2, 0.25) is 5.91 Å². The van der Waals surface area contributed by atoms with E-state index in [-0.39, 0.29) is 42.4 Å². The van der Waals surface area contributed by atoms with Crippen LogP contribution in [0.1, 0.15) is 37.4 Å². The van der Waals surface area contributed by atoms with E-state index >= 15 is 0 Å². The number of amides is 2. The zero-order valence-electron chi connectivity index (χ0n) is 21.1. The molecule has 0 saturated heterocycles. The molecule has 11 heteroatoms. The number of carbonyl (C=O) groups is 4. The molecule has 0 spiro atoms. The fraction of sp³-hybridized carbons (Fsp3) is 0.138. The minimum atomic E-state index is -0.840. The lowest BCUT2D eigenvalue weighted by Crippen LogP contribution is -2.42. The van der Waals surface area contributed by atoms with Crippen LogP contribution in [-0.2, 0) is 22.4 Å². The van der Waals surface area contributed by atoms with E-state index in [4.69, 9.17) is 11.6 Å². The lowest BCUT2D eigenvalue weighted by molar-refractivity contribution is -0.125. The standard InChI is InChI=1S/C29H23ClN6O4/c30-21-8-10-25(36-17-32-34-35-36)20(15-21)7-11-28(39)33-24(13-18-4-2-1-3-5-18)26(37)14-19-6-9-22-23(12-19)27(38)16-31-29(22)40/h1-12,15,17,24H,13-14,16H2,(H,31,40)(H,33,39)/b11-7+/t24-/m0/s1. The fourth-order valence-corrected chi connectivity index (χ4v) is 4.61. The number of tetrazole rings is 1. The number of hydrogen-bond donors (Lipinski definition) is 2. The second-order valence-electron chi connectivity index (χ2n) is 9.17. The summed E-state index contributed by atoms with van der Waals surface area (Å²) in [4.78, 5) is 50.8. The highest BCUT2D eigenvalue weighted by molar-refractivity contribution is 6.30. The first-order valence-corrected chi connectivity index (χ1v) is 12.8. The monoisotopic (exact) mass is 554 g/mol. The van der Waals surface area contributed by atoms with Crippen LogP contribution in [0.3, 0.4) is 0 Å². The van der Waals surface area contributed by atoms with Gasteiger partial charge in [-0.2, -0.15) is 4.68 Å². The molecule has 5 rings (SSSR count). The molecule has 1 aromatic heterocycles. The van der Waals surface area contributed by atoms with Gasteiger partial charge in [-0.3, -0.25) is 19.2 Å². The molecule has 10 nitrogen and oxygen atoms in total. The van der Waals surface area contributed by atoms with Crippen molar-refractivity contribution in [1.82, 2.24) is 30.8 Å². The molecule has 2 amide bonds. The molecule has 200 valence electrons. The third-order valence-corrected chi connectivity index (χ3v) is 6.64. The number of rotatable bonds is 9. The van der Waals surface area contributed by atoms with Crippen molar-refractivity contribution in [3.8, 4) is 5.69 Å². The SMILES string of the molecule is O=C(/C=C/c1cc(Cl)ccc1-n1cnnn1)N[C@@H](Cc1ccccc1)C(=O)Cc1ccc2c(c1)C(=O)CNC2=O. The van der Waals surface area contributed by atoms with Gasteiger partial charge in [-0.1, -0.05) is 48.0 Å². The van der Waals surface area contributed by atoms with Crippen LogP contribution < -0.4 is 10.6 Å². The number of carbonyl (C=O) groups excluding carboxylic acids is 4. The predicted molar refractivity (Wildman–Crippen MR) is 147 cm³/mol. The van der Waals surface area contributed by atoms with Crippen LogP contribution in [0.25, 0.3) is 11.8 Å². The van der Waals surface area contributed by atoms with E-state index in [1.807, 2.05) is 30.3 Å². The highest BCUT2D eigenvalue weighted by Crippen LogP contribution is 2.21. The third kappa shape index (κ3) is 6.19. The molecule has 3 aromatic carbocycles. The van der Waals surface area contributed by atoms with Crippen LogP contribution >= 0.6 is 11.6 Å². The van der Waals surface area contributed by atoms with E-state index < -0.39 is 11.9 Å². The van der Waals surface area contributed by atoms with Crippen molar-refractivity contribution in [3.05, 3.63) is 112 Å². The Morgan fingerprint density at radius 3 is 2.62 bits per heavy atom. The first kappa shape index (κ1) is 26.6. The quantitative estimate of drug-likeness (QED) is 0.304. The van der Waals surface area contributed by atoms with Crippen molar-refractivity contribution in [2.24, 2.45) is 0 Å². The van der Waals surface area contributed by atoms with E-state index in [9.17, 15) is 19.2 Å². The van der Waals surface area contributed by atoms with Crippen molar-refractivity contribution < 1.29 is 19.2 Å². The molecule has 4 aromatic rings. The predicted octanol–water partition coefficient (Wildman–Crippen LogP) is 2.79. The highest BCUT2D eigenvalue weighted by atomic mass is 35.5. The molecule has 1 aliphatic rings. The number of nitrogens with one attached hydrogen (secondary N) is 2. The van der Waals surface area contributed by atoms with Gasteiger partial charge >= 0.3 is 0 Å². The Kier molecular flexibility index (Phi) is 7.88. The number of benzene rings is 3. The average Bonchev–Trinajstić information content (AvgIpc) is 3.49. The third-order valence-electron chi connectivity index (χ3n) is 6.40.